The Bertz CT molecular complexity index is 1120. The van der Waals surface area contributed by atoms with Crippen molar-refractivity contribution in [2.24, 2.45) is 5.10 Å². The molecule has 4 rings (SSSR count). The van der Waals surface area contributed by atoms with Crippen LogP contribution in [0.2, 0.25) is 10.0 Å². The highest BCUT2D eigenvalue weighted by atomic mass is 35.5. The first kappa shape index (κ1) is 17.4. The average molecular weight is 397 g/mol. The van der Waals surface area contributed by atoms with Gasteiger partial charge in [-0.2, -0.15) is 9.78 Å². The van der Waals surface area contributed by atoms with Crippen LogP contribution >= 0.6 is 23.2 Å². The van der Waals surface area contributed by atoms with E-state index in [1.54, 1.807) is 35.3 Å². The van der Waals surface area contributed by atoms with Crippen LogP contribution < -0.4 is 5.73 Å². The number of nitrogens with zero attached hydrogens (tertiary/aromatic N) is 3. The van der Waals surface area contributed by atoms with Crippen molar-refractivity contribution in [2.45, 2.75) is 0 Å². The van der Waals surface area contributed by atoms with Crippen molar-refractivity contribution in [3.63, 3.8) is 0 Å². The number of hydrogen-bond donors (Lipinski definition) is 1. The Labute approximate surface area is 165 Å². The van der Waals surface area contributed by atoms with E-state index in [-0.39, 0.29) is 5.95 Å². The van der Waals surface area contributed by atoms with Gasteiger partial charge in [-0.3, -0.25) is 0 Å². The van der Waals surface area contributed by atoms with Crippen LogP contribution in [0.5, 0.6) is 0 Å². The van der Waals surface area contributed by atoms with Gasteiger partial charge in [-0.25, -0.2) is 4.98 Å². The van der Waals surface area contributed by atoms with Crippen LogP contribution in [0.1, 0.15) is 5.76 Å². The number of imidazole rings is 1. The van der Waals surface area contributed by atoms with Crippen LogP contribution in [0.25, 0.3) is 22.6 Å². The van der Waals surface area contributed by atoms with Gasteiger partial charge in [0.05, 0.1) is 23.1 Å². The summed E-state index contributed by atoms with van der Waals surface area (Å²) in [5.41, 5.74) is 8.46. The molecule has 0 aliphatic heterocycles. The molecular weight excluding hydrogens is 383 g/mol. The predicted molar refractivity (Wildman–Crippen MR) is 109 cm³/mol. The molecule has 0 aliphatic rings. The second-order valence-corrected chi connectivity index (χ2v) is 6.59. The largest absolute Gasteiger partial charge is 0.455 e. The molecule has 0 bridgehead atoms. The number of nitrogens with two attached hydrogens (primary N) is 1. The van der Waals surface area contributed by atoms with Crippen molar-refractivity contribution in [3.8, 4) is 22.6 Å². The van der Waals surface area contributed by atoms with Gasteiger partial charge < -0.3 is 10.2 Å². The van der Waals surface area contributed by atoms with Crippen LogP contribution in [-0.2, 0) is 0 Å². The molecule has 0 radical (unpaired) electrons. The Balaban J connectivity index is 1.64. The fourth-order valence-electron chi connectivity index (χ4n) is 2.66. The Morgan fingerprint density at radius 3 is 2.63 bits per heavy atom. The summed E-state index contributed by atoms with van der Waals surface area (Å²) in [5.74, 6) is 1.47. The maximum Gasteiger partial charge on any atom is 0.221 e. The van der Waals surface area contributed by atoms with Gasteiger partial charge in [0.1, 0.15) is 11.5 Å². The highest BCUT2D eigenvalue weighted by Gasteiger charge is 2.10. The summed E-state index contributed by atoms with van der Waals surface area (Å²) < 4.78 is 7.39. The molecule has 0 amide bonds. The zero-order chi connectivity index (χ0) is 18.8. The fraction of sp³-hybridized carbons (Fsp3) is 0. The van der Waals surface area contributed by atoms with Gasteiger partial charge in [0, 0.05) is 16.1 Å². The van der Waals surface area contributed by atoms with E-state index in [9.17, 15) is 0 Å². The normalized spacial score (nSPS) is 11.3. The van der Waals surface area contributed by atoms with Gasteiger partial charge in [-0.05, 0) is 30.3 Å². The molecule has 0 saturated carbocycles. The molecule has 4 aromatic rings. The molecule has 134 valence electrons. The topological polar surface area (TPSA) is 69.3 Å². The van der Waals surface area contributed by atoms with Crippen molar-refractivity contribution in [1.82, 2.24) is 9.66 Å². The summed E-state index contributed by atoms with van der Waals surface area (Å²) in [6.07, 6.45) is 3.26. The zero-order valence-corrected chi connectivity index (χ0v) is 15.5. The summed E-state index contributed by atoms with van der Waals surface area (Å²) in [4.78, 5) is 4.14. The number of anilines is 1. The lowest BCUT2D eigenvalue weighted by Crippen LogP contribution is -1.99. The van der Waals surface area contributed by atoms with E-state index in [4.69, 9.17) is 33.4 Å². The second kappa shape index (κ2) is 7.31. The molecule has 2 heterocycles. The molecule has 0 aliphatic carbocycles. The molecular formula is C20H14Cl2N4O. The quantitative estimate of drug-likeness (QED) is 0.457. The van der Waals surface area contributed by atoms with Gasteiger partial charge in [-0.15, -0.1) is 0 Å². The van der Waals surface area contributed by atoms with E-state index in [0.717, 1.165) is 16.8 Å². The molecule has 2 N–H and O–H groups in total. The molecule has 0 saturated heterocycles. The third-order valence-electron chi connectivity index (χ3n) is 3.96. The first-order valence-electron chi connectivity index (χ1n) is 8.10. The SMILES string of the molecule is Nc1ncc(-c2ccccc2)n1N=Cc1ccc(-c2ccc(Cl)cc2Cl)o1. The van der Waals surface area contributed by atoms with E-state index in [0.29, 0.717) is 21.6 Å². The van der Waals surface area contributed by atoms with Crippen molar-refractivity contribution in [1.29, 1.82) is 0 Å². The third kappa shape index (κ3) is 3.60. The second-order valence-electron chi connectivity index (χ2n) is 5.75. The zero-order valence-electron chi connectivity index (χ0n) is 14.0. The van der Waals surface area contributed by atoms with Gasteiger partial charge >= 0.3 is 0 Å². The number of halogens is 2. The molecule has 2 aromatic carbocycles. The van der Waals surface area contributed by atoms with E-state index in [1.165, 1.54) is 0 Å². The number of nitrogen functional groups attached to an aromatic ring is 1. The summed E-state index contributed by atoms with van der Waals surface area (Å²) in [7, 11) is 0. The van der Waals surface area contributed by atoms with Crippen molar-refractivity contribution >= 4 is 35.4 Å². The number of benzene rings is 2. The monoisotopic (exact) mass is 396 g/mol. The average Bonchev–Trinajstić information content (AvgIpc) is 3.27. The van der Waals surface area contributed by atoms with Crippen LogP contribution in [0.4, 0.5) is 5.95 Å². The minimum atomic E-state index is 0.289. The Morgan fingerprint density at radius 1 is 1.04 bits per heavy atom. The van der Waals surface area contributed by atoms with Crippen molar-refractivity contribution < 1.29 is 4.42 Å². The highest BCUT2D eigenvalue weighted by molar-refractivity contribution is 6.36. The van der Waals surface area contributed by atoms with E-state index < -0.39 is 0 Å². The molecule has 0 atom stereocenters. The fourth-order valence-corrected chi connectivity index (χ4v) is 3.16. The number of rotatable bonds is 4. The molecule has 2 aromatic heterocycles. The van der Waals surface area contributed by atoms with E-state index >= 15 is 0 Å². The van der Waals surface area contributed by atoms with Crippen molar-refractivity contribution in [3.05, 3.63) is 82.7 Å². The summed E-state index contributed by atoms with van der Waals surface area (Å²) in [6, 6.07) is 18.7. The summed E-state index contributed by atoms with van der Waals surface area (Å²) in [6.45, 7) is 0. The molecule has 5 nitrogen and oxygen atoms in total. The minimum Gasteiger partial charge on any atom is -0.455 e. The minimum absolute atomic E-state index is 0.289. The Kier molecular flexibility index (Phi) is 4.71. The van der Waals surface area contributed by atoms with Crippen LogP contribution in [0.15, 0.2) is 76.4 Å². The van der Waals surface area contributed by atoms with Gasteiger partial charge in [-0.1, -0.05) is 53.5 Å². The first-order chi connectivity index (χ1) is 13.1. The number of aromatic nitrogens is 2. The predicted octanol–water partition coefficient (Wildman–Crippen LogP) is 5.58. The Hall–Kier alpha value is -3.02. The molecule has 27 heavy (non-hydrogen) atoms. The smallest absolute Gasteiger partial charge is 0.221 e. The van der Waals surface area contributed by atoms with Gasteiger partial charge in [0.15, 0.2) is 0 Å². The van der Waals surface area contributed by atoms with E-state index in [2.05, 4.69) is 10.1 Å². The third-order valence-corrected chi connectivity index (χ3v) is 4.51. The molecule has 0 unspecified atom stereocenters. The maximum absolute atomic E-state index is 6.23. The summed E-state index contributed by atoms with van der Waals surface area (Å²) >= 11 is 12.2. The standard InChI is InChI=1S/C20H14Cl2N4O/c21-14-6-8-16(17(22)10-14)19-9-7-15(27-19)11-25-26-18(12-24-20(26)23)13-4-2-1-3-5-13/h1-12H,(H2,23,24). The van der Waals surface area contributed by atoms with Crippen molar-refractivity contribution in [2.75, 3.05) is 5.73 Å². The van der Waals surface area contributed by atoms with Gasteiger partial charge in [0.2, 0.25) is 5.95 Å². The number of furan rings is 1. The highest BCUT2D eigenvalue weighted by Crippen LogP contribution is 2.31. The Morgan fingerprint density at radius 2 is 1.85 bits per heavy atom. The number of hydrogen-bond acceptors (Lipinski definition) is 4. The lowest BCUT2D eigenvalue weighted by atomic mass is 10.2. The maximum atomic E-state index is 6.23. The summed E-state index contributed by atoms with van der Waals surface area (Å²) in [5, 5.41) is 5.50. The van der Waals surface area contributed by atoms with E-state index in [1.807, 2.05) is 42.5 Å². The first-order valence-corrected chi connectivity index (χ1v) is 8.85. The molecule has 0 fully saturated rings. The molecule has 0 spiro atoms. The molecule has 7 heteroatoms. The van der Waals surface area contributed by atoms with Crippen LogP contribution in [-0.4, -0.2) is 15.9 Å². The lowest BCUT2D eigenvalue weighted by molar-refractivity contribution is 0.574. The van der Waals surface area contributed by atoms with Crippen LogP contribution in [0.3, 0.4) is 0 Å². The van der Waals surface area contributed by atoms with Gasteiger partial charge in [0.25, 0.3) is 0 Å². The lowest BCUT2D eigenvalue weighted by Gasteiger charge is -2.03. The van der Waals surface area contributed by atoms with Crippen LogP contribution in [0, 0.1) is 0 Å².